The summed E-state index contributed by atoms with van der Waals surface area (Å²) in [5, 5.41) is 14.2. The van der Waals surface area contributed by atoms with E-state index in [0.717, 1.165) is 16.7 Å². The van der Waals surface area contributed by atoms with Crippen LogP contribution in [0.15, 0.2) is 89.3 Å². The van der Waals surface area contributed by atoms with Crippen molar-refractivity contribution in [3.63, 3.8) is 0 Å². The first-order valence-corrected chi connectivity index (χ1v) is 9.73. The fourth-order valence-corrected chi connectivity index (χ4v) is 3.05. The van der Waals surface area contributed by atoms with Crippen LogP contribution in [0, 0.1) is 6.92 Å². The van der Waals surface area contributed by atoms with Crippen LogP contribution in [0.1, 0.15) is 28.6 Å². The van der Waals surface area contributed by atoms with Crippen LogP contribution in [0.25, 0.3) is 11.5 Å². The lowest BCUT2D eigenvalue weighted by molar-refractivity contribution is 0.236. The summed E-state index contributed by atoms with van der Waals surface area (Å²) < 4.78 is 5.90. The predicted molar refractivity (Wildman–Crippen MR) is 115 cm³/mol. The first-order chi connectivity index (χ1) is 14.7. The van der Waals surface area contributed by atoms with Crippen LogP contribution in [-0.2, 0) is 6.54 Å². The number of carbonyl (C=O) groups is 1. The number of amides is 2. The average molecular weight is 398 g/mol. The predicted octanol–water partition coefficient (Wildman–Crippen LogP) is 4.63. The summed E-state index contributed by atoms with van der Waals surface area (Å²) in [7, 11) is 0. The highest BCUT2D eigenvalue weighted by Crippen LogP contribution is 2.24. The maximum atomic E-state index is 12.6. The average Bonchev–Trinajstić information content (AvgIpc) is 3.28. The molecule has 1 aromatic heterocycles. The lowest BCUT2D eigenvalue weighted by Crippen LogP contribution is -2.38. The summed E-state index contributed by atoms with van der Waals surface area (Å²) >= 11 is 0. The lowest BCUT2D eigenvalue weighted by Gasteiger charge is -2.16. The highest BCUT2D eigenvalue weighted by Gasteiger charge is 2.23. The Hall–Kier alpha value is -3.93. The number of hydrogen-bond donors (Lipinski definition) is 2. The van der Waals surface area contributed by atoms with Crippen LogP contribution in [0.4, 0.5) is 4.79 Å². The van der Waals surface area contributed by atoms with Gasteiger partial charge in [-0.15, -0.1) is 10.2 Å². The second-order valence-corrected chi connectivity index (χ2v) is 6.97. The molecule has 0 spiro atoms. The number of rotatable bonds is 6. The molecule has 0 aliphatic carbocycles. The topological polar surface area (TPSA) is 80.0 Å². The van der Waals surface area contributed by atoms with E-state index in [-0.39, 0.29) is 6.03 Å². The minimum atomic E-state index is -0.561. The van der Waals surface area contributed by atoms with Crippen LogP contribution >= 0.6 is 0 Å². The molecule has 4 aromatic rings. The summed E-state index contributed by atoms with van der Waals surface area (Å²) in [4.78, 5) is 12.6. The standard InChI is InChI=1S/C24H22N4O2/c1-17-12-14-18(15-13-17)16-25-24(29)26-21(19-8-4-2-5-9-19)23-28-27-22(30-23)20-10-6-3-7-11-20/h2-15,21H,16H2,1H3,(H2,25,26,29)/t21-/m1/s1. The molecule has 2 amide bonds. The van der Waals surface area contributed by atoms with E-state index in [1.54, 1.807) is 0 Å². The molecule has 0 saturated carbocycles. The molecule has 0 unspecified atom stereocenters. The Morgan fingerprint density at radius 2 is 1.57 bits per heavy atom. The Labute approximate surface area is 175 Å². The van der Waals surface area contributed by atoms with E-state index in [9.17, 15) is 4.79 Å². The third-order valence-corrected chi connectivity index (χ3v) is 4.69. The molecular formula is C24H22N4O2. The van der Waals surface area contributed by atoms with Crippen molar-refractivity contribution in [2.75, 3.05) is 0 Å². The summed E-state index contributed by atoms with van der Waals surface area (Å²) in [6.07, 6.45) is 0. The van der Waals surface area contributed by atoms with Gasteiger partial charge in [-0.1, -0.05) is 78.4 Å². The fraction of sp³-hybridized carbons (Fsp3) is 0.125. The van der Waals surface area contributed by atoms with Gasteiger partial charge in [0.2, 0.25) is 11.8 Å². The number of hydrogen-bond acceptors (Lipinski definition) is 4. The second-order valence-electron chi connectivity index (χ2n) is 6.97. The van der Waals surface area contributed by atoms with Crippen molar-refractivity contribution >= 4 is 6.03 Å². The SMILES string of the molecule is Cc1ccc(CNC(=O)N[C@H](c2ccccc2)c2nnc(-c3ccccc3)o2)cc1. The Bertz CT molecular complexity index is 1090. The van der Waals surface area contributed by atoms with Gasteiger partial charge in [0, 0.05) is 12.1 Å². The van der Waals surface area contributed by atoms with Crippen molar-refractivity contribution in [1.29, 1.82) is 0 Å². The van der Waals surface area contributed by atoms with Gasteiger partial charge in [-0.3, -0.25) is 0 Å². The Morgan fingerprint density at radius 3 is 2.27 bits per heavy atom. The van der Waals surface area contributed by atoms with Crippen molar-refractivity contribution in [3.05, 3.63) is 108 Å². The fourth-order valence-electron chi connectivity index (χ4n) is 3.05. The molecule has 0 fully saturated rings. The molecule has 150 valence electrons. The number of aryl methyl sites for hydroxylation is 1. The van der Waals surface area contributed by atoms with Crippen LogP contribution in [0.2, 0.25) is 0 Å². The van der Waals surface area contributed by atoms with Gasteiger partial charge >= 0.3 is 6.03 Å². The molecule has 0 bridgehead atoms. The largest absolute Gasteiger partial charge is 0.418 e. The van der Waals surface area contributed by atoms with Crippen molar-refractivity contribution in [2.24, 2.45) is 0 Å². The van der Waals surface area contributed by atoms with E-state index >= 15 is 0 Å². The highest BCUT2D eigenvalue weighted by molar-refractivity contribution is 5.74. The van der Waals surface area contributed by atoms with Crippen LogP contribution in [-0.4, -0.2) is 16.2 Å². The maximum absolute atomic E-state index is 12.6. The third-order valence-electron chi connectivity index (χ3n) is 4.69. The van der Waals surface area contributed by atoms with Gasteiger partial charge < -0.3 is 15.1 Å². The first kappa shape index (κ1) is 19.4. The minimum absolute atomic E-state index is 0.316. The third kappa shape index (κ3) is 4.72. The number of aromatic nitrogens is 2. The van der Waals surface area contributed by atoms with Gasteiger partial charge in [-0.2, -0.15) is 0 Å². The molecule has 3 aromatic carbocycles. The molecule has 6 heteroatoms. The number of nitrogens with one attached hydrogen (secondary N) is 2. The van der Waals surface area contributed by atoms with E-state index in [0.29, 0.717) is 18.3 Å². The molecule has 30 heavy (non-hydrogen) atoms. The summed E-state index contributed by atoms with van der Waals surface area (Å²) in [6.45, 7) is 2.45. The normalized spacial score (nSPS) is 11.6. The Morgan fingerprint density at radius 1 is 0.900 bits per heavy atom. The van der Waals surface area contributed by atoms with E-state index in [2.05, 4.69) is 20.8 Å². The lowest BCUT2D eigenvalue weighted by atomic mass is 10.1. The zero-order valence-electron chi connectivity index (χ0n) is 16.6. The molecule has 1 atom stereocenters. The summed E-state index contributed by atoms with van der Waals surface area (Å²) in [5.41, 5.74) is 3.88. The smallest absolute Gasteiger partial charge is 0.315 e. The zero-order valence-corrected chi connectivity index (χ0v) is 16.6. The first-order valence-electron chi connectivity index (χ1n) is 9.73. The highest BCUT2D eigenvalue weighted by atomic mass is 16.4. The molecule has 2 N–H and O–H groups in total. The molecule has 0 radical (unpaired) electrons. The van der Waals surface area contributed by atoms with Crippen molar-refractivity contribution < 1.29 is 9.21 Å². The maximum Gasteiger partial charge on any atom is 0.315 e. The van der Waals surface area contributed by atoms with Crippen LogP contribution < -0.4 is 10.6 Å². The van der Waals surface area contributed by atoms with E-state index in [1.165, 1.54) is 5.56 Å². The van der Waals surface area contributed by atoms with Crippen LogP contribution in [0.3, 0.4) is 0 Å². The number of carbonyl (C=O) groups excluding carboxylic acids is 1. The van der Waals surface area contributed by atoms with Gasteiger partial charge in [0.25, 0.3) is 0 Å². The summed E-state index contributed by atoms with van der Waals surface area (Å²) in [5.74, 6) is 0.735. The molecule has 4 rings (SSSR count). The van der Waals surface area contributed by atoms with E-state index in [4.69, 9.17) is 4.42 Å². The molecular weight excluding hydrogens is 376 g/mol. The summed E-state index contributed by atoms with van der Waals surface area (Å²) in [6, 6.07) is 26.2. The molecule has 0 aliphatic rings. The monoisotopic (exact) mass is 398 g/mol. The van der Waals surface area contributed by atoms with Crippen LogP contribution in [0.5, 0.6) is 0 Å². The quantitative estimate of drug-likeness (QED) is 0.496. The van der Waals surface area contributed by atoms with E-state index in [1.807, 2.05) is 91.9 Å². The minimum Gasteiger partial charge on any atom is -0.418 e. The molecule has 0 aliphatic heterocycles. The number of nitrogens with zero attached hydrogens (tertiary/aromatic N) is 2. The number of urea groups is 1. The van der Waals surface area contributed by atoms with Crippen molar-refractivity contribution in [3.8, 4) is 11.5 Å². The molecule has 1 heterocycles. The Balaban J connectivity index is 1.51. The van der Waals surface area contributed by atoms with Gasteiger partial charge in [0.15, 0.2) is 0 Å². The Kier molecular flexibility index (Phi) is 5.85. The second kappa shape index (κ2) is 9.05. The van der Waals surface area contributed by atoms with Gasteiger partial charge in [-0.25, -0.2) is 4.79 Å². The van der Waals surface area contributed by atoms with Crippen molar-refractivity contribution in [2.45, 2.75) is 19.5 Å². The van der Waals surface area contributed by atoms with Gasteiger partial charge in [0.1, 0.15) is 6.04 Å². The van der Waals surface area contributed by atoms with E-state index < -0.39 is 6.04 Å². The van der Waals surface area contributed by atoms with Crippen molar-refractivity contribution in [1.82, 2.24) is 20.8 Å². The van der Waals surface area contributed by atoms with Gasteiger partial charge in [0.05, 0.1) is 0 Å². The molecule has 6 nitrogen and oxygen atoms in total. The van der Waals surface area contributed by atoms with Gasteiger partial charge in [-0.05, 0) is 30.2 Å². The number of benzene rings is 3. The molecule has 0 saturated heterocycles. The zero-order chi connectivity index (χ0) is 20.8.